The summed E-state index contributed by atoms with van der Waals surface area (Å²) in [5.74, 6) is 0.770. The zero-order valence-corrected chi connectivity index (χ0v) is 16.1. The first kappa shape index (κ1) is 18.9. The summed E-state index contributed by atoms with van der Waals surface area (Å²) in [5.41, 5.74) is 3.16. The minimum atomic E-state index is -0.0166. The maximum Gasteiger partial charge on any atom is 0.251 e. The van der Waals surface area contributed by atoms with E-state index in [1.54, 1.807) is 0 Å². The van der Waals surface area contributed by atoms with Crippen LogP contribution in [0.25, 0.3) is 0 Å². The van der Waals surface area contributed by atoms with Crippen molar-refractivity contribution in [1.29, 1.82) is 0 Å². The van der Waals surface area contributed by atoms with Gasteiger partial charge in [0.15, 0.2) is 0 Å². The number of carbonyl (C=O) groups is 1. The van der Waals surface area contributed by atoms with Crippen molar-refractivity contribution in [3.63, 3.8) is 0 Å². The highest BCUT2D eigenvalue weighted by Gasteiger charge is 2.16. The smallest absolute Gasteiger partial charge is 0.251 e. The second kappa shape index (κ2) is 9.20. The van der Waals surface area contributed by atoms with Crippen molar-refractivity contribution in [1.82, 2.24) is 10.2 Å². The van der Waals surface area contributed by atoms with E-state index < -0.39 is 0 Å². The largest absolute Gasteiger partial charge is 0.352 e. The molecule has 0 aliphatic carbocycles. The van der Waals surface area contributed by atoms with Crippen molar-refractivity contribution in [3.05, 3.63) is 70.2 Å². The van der Waals surface area contributed by atoms with Crippen molar-refractivity contribution in [2.24, 2.45) is 5.92 Å². The predicted octanol–water partition coefficient (Wildman–Crippen LogP) is 4.54. The SMILES string of the molecule is C[C@@H]1CCCN(Cc2ccc(C(=O)NCCc3ccc(Cl)cc3)cc2)C1. The molecule has 1 saturated heterocycles. The van der Waals surface area contributed by atoms with Crippen LogP contribution in [-0.4, -0.2) is 30.4 Å². The number of rotatable bonds is 6. The molecule has 1 aliphatic heterocycles. The van der Waals surface area contributed by atoms with Crippen LogP contribution in [0.3, 0.4) is 0 Å². The van der Waals surface area contributed by atoms with E-state index in [-0.39, 0.29) is 5.91 Å². The summed E-state index contributed by atoms with van der Waals surface area (Å²) in [6.45, 7) is 6.27. The number of nitrogens with one attached hydrogen (secondary N) is 1. The molecule has 1 N–H and O–H groups in total. The van der Waals surface area contributed by atoms with Gasteiger partial charge in [0.25, 0.3) is 5.91 Å². The number of carbonyl (C=O) groups excluding carboxylic acids is 1. The number of nitrogens with zero attached hydrogens (tertiary/aromatic N) is 1. The Kier molecular flexibility index (Phi) is 6.70. The zero-order chi connectivity index (χ0) is 18.4. The average Bonchev–Trinajstić information content (AvgIpc) is 2.64. The van der Waals surface area contributed by atoms with E-state index in [9.17, 15) is 4.79 Å². The van der Waals surface area contributed by atoms with Crippen molar-refractivity contribution in [2.45, 2.75) is 32.7 Å². The van der Waals surface area contributed by atoms with E-state index in [0.29, 0.717) is 6.54 Å². The highest BCUT2D eigenvalue weighted by Crippen LogP contribution is 2.18. The van der Waals surface area contributed by atoms with Gasteiger partial charge in [-0.1, -0.05) is 42.8 Å². The minimum Gasteiger partial charge on any atom is -0.352 e. The highest BCUT2D eigenvalue weighted by atomic mass is 35.5. The molecule has 0 saturated carbocycles. The lowest BCUT2D eigenvalue weighted by molar-refractivity contribution is 0.0954. The number of benzene rings is 2. The standard InChI is InChI=1S/C22H27ClN2O/c1-17-3-2-14-25(15-17)16-19-4-8-20(9-5-19)22(26)24-13-12-18-6-10-21(23)11-7-18/h4-11,17H,2-3,12-16H2,1H3,(H,24,26)/t17-/m1/s1. The van der Waals surface area contributed by atoms with Gasteiger partial charge in [-0.25, -0.2) is 0 Å². The van der Waals surface area contributed by atoms with Crippen molar-refractivity contribution < 1.29 is 4.79 Å². The molecular formula is C22H27ClN2O. The van der Waals surface area contributed by atoms with E-state index >= 15 is 0 Å². The number of piperidine rings is 1. The maximum absolute atomic E-state index is 12.3. The highest BCUT2D eigenvalue weighted by molar-refractivity contribution is 6.30. The molecule has 0 spiro atoms. The first-order chi connectivity index (χ1) is 12.6. The van der Waals surface area contributed by atoms with Gasteiger partial charge in [0.1, 0.15) is 0 Å². The molecule has 0 aromatic heterocycles. The Hall–Kier alpha value is -1.84. The minimum absolute atomic E-state index is 0.0166. The monoisotopic (exact) mass is 370 g/mol. The Labute approximate surface area is 161 Å². The van der Waals surface area contributed by atoms with E-state index in [2.05, 4.69) is 29.3 Å². The second-order valence-corrected chi connectivity index (χ2v) is 7.75. The Morgan fingerprint density at radius 1 is 1.12 bits per heavy atom. The zero-order valence-electron chi connectivity index (χ0n) is 15.4. The lowest BCUT2D eigenvalue weighted by Crippen LogP contribution is -2.33. The third-order valence-electron chi connectivity index (χ3n) is 4.98. The summed E-state index contributed by atoms with van der Waals surface area (Å²) >= 11 is 5.88. The Balaban J connectivity index is 1.46. The van der Waals surface area contributed by atoms with Crippen LogP contribution in [-0.2, 0) is 13.0 Å². The summed E-state index contributed by atoms with van der Waals surface area (Å²) in [6.07, 6.45) is 3.43. The summed E-state index contributed by atoms with van der Waals surface area (Å²) in [6, 6.07) is 15.7. The molecule has 1 heterocycles. The first-order valence-corrected chi connectivity index (χ1v) is 9.82. The summed E-state index contributed by atoms with van der Waals surface area (Å²) in [4.78, 5) is 14.8. The molecule has 0 bridgehead atoms. The summed E-state index contributed by atoms with van der Waals surface area (Å²) in [7, 11) is 0. The molecule has 3 rings (SSSR count). The molecule has 0 radical (unpaired) electrons. The maximum atomic E-state index is 12.3. The van der Waals surface area contributed by atoms with E-state index in [1.807, 2.05) is 36.4 Å². The lowest BCUT2D eigenvalue weighted by Gasteiger charge is -2.30. The van der Waals surface area contributed by atoms with Crippen molar-refractivity contribution in [2.75, 3.05) is 19.6 Å². The Morgan fingerprint density at radius 3 is 2.50 bits per heavy atom. The molecule has 2 aromatic carbocycles. The molecule has 138 valence electrons. The molecule has 1 amide bonds. The van der Waals surface area contributed by atoms with Crippen LogP contribution in [0.2, 0.25) is 5.02 Å². The van der Waals surface area contributed by atoms with Gasteiger partial charge < -0.3 is 5.32 Å². The van der Waals surface area contributed by atoms with Crippen LogP contribution >= 0.6 is 11.6 Å². The van der Waals surface area contributed by atoms with E-state index in [4.69, 9.17) is 11.6 Å². The molecule has 0 unspecified atom stereocenters. The molecule has 4 heteroatoms. The molecular weight excluding hydrogens is 344 g/mol. The van der Waals surface area contributed by atoms with Gasteiger partial charge in [-0.05, 0) is 67.1 Å². The fourth-order valence-electron chi connectivity index (χ4n) is 3.52. The number of hydrogen-bond acceptors (Lipinski definition) is 2. The molecule has 3 nitrogen and oxygen atoms in total. The Bertz CT molecular complexity index is 712. The fraction of sp³-hybridized carbons (Fsp3) is 0.409. The van der Waals surface area contributed by atoms with Gasteiger partial charge in [-0.3, -0.25) is 9.69 Å². The topological polar surface area (TPSA) is 32.3 Å². The number of hydrogen-bond donors (Lipinski definition) is 1. The van der Waals surface area contributed by atoms with Gasteiger partial charge in [0.2, 0.25) is 0 Å². The van der Waals surface area contributed by atoms with E-state index in [0.717, 1.165) is 29.5 Å². The van der Waals surface area contributed by atoms with Crippen LogP contribution in [0, 0.1) is 5.92 Å². The van der Waals surface area contributed by atoms with Gasteiger partial charge in [0.05, 0.1) is 0 Å². The number of likely N-dealkylation sites (tertiary alicyclic amines) is 1. The van der Waals surface area contributed by atoms with Gasteiger partial charge in [-0.15, -0.1) is 0 Å². The summed E-state index contributed by atoms with van der Waals surface area (Å²) in [5, 5.41) is 3.72. The second-order valence-electron chi connectivity index (χ2n) is 7.31. The van der Waals surface area contributed by atoms with Gasteiger partial charge >= 0.3 is 0 Å². The van der Waals surface area contributed by atoms with Crippen LogP contribution in [0.15, 0.2) is 48.5 Å². The molecule has 1 aliphatic rings. The van der Waals surface area contributed by atoms with Gasteiger partial charge in [-0.2, -0.15) is 0 Å². The van der Waals surface area contributed by atoms with Crippen LogP contribution < -0.4 is 5.32 Å². The lowest BCUT2D eigenvalue weighted by atomic mass is 9.99. The van der Waals surface area contributed by atoms with Crippen LogP contribution in [0.4, 0.5) is 0 Å². The fourth-order valence-corrected chi connectivity index (χ4v) is 3.65. The quantitative estimate of drug-likeness (QED) is 0.809. The van der Waals surface area contributed by atoms with Gasteiger partial charge in [0, 0.05) is 30.2 Å². The Morgan fingerprint density at radius 2 is 1.81 bits per heavy atom. The normalized spacial score (nSPS) is 17.8. The number of halogens is 1. The molecule has 2 aromatic rings. The van der Waals surface area contributed by atoms with E-state index in [1.165, 1.54) is 37.1 Å². The predicted molar refractivity (Wildman–Crippen MR) is 108 cm³/mol. The van der Waals surface area contributed by atoms with Crippen LogP contribution in [0.5, 0.6) is 0 Å². The summed E-state index contributed by atoms with van der Waals surface area (Å²) < 4.78 is 0. The first-order valence-electron chi connectivity index (χ1n) is 9.44. The molecule has 1 atom stereocenters. The molecule has 1 fully saturated rings. The van der Waals surface area contributed by atoms with Crippen LogP contribution in [0.1, 0.15) is 41.3 Å². The van der Waals surface area contributed by atoms with Crippen molar-refractivity contribution in [3.8, 4) is 0 Å². The average molecular weight is 371 g/mol. The third kappa shape index (κ3) is 5.58. The van der Waals surface area contributed by atoms with Crippen molar-refractivity contribution >= 4 is 17.5 Å². The molecule has 26 heavy (non-hydrogen) atoms. The number of amides is 1. The third-order valence-corrected chi connectivity index (χ3v) is 5.23.